The molecule has 36 heavy (non-hydrogen) atoms. The average Bonchev–Trinajstić information content (AvgIpc) is 2.89. The molecule has 8 heteroatoms. The summed E-state index contributed by atoms with van der Waals surface area (Å²) in [7, 11) is 0. The number of halogens is 2. The van der Waals surface area contributed by atoms with E-state index in [1.165, 1.54) is 5.56 Å². The molecule has 0 aliphatic rings. The van der Waals surface area contributed by atoms with Crippen molar-refractivity contribution in [3.8, 4) is 5.75 Å². The van der Waals surface area contributed by atoms with Crippen molar-refractivity contribution < 1.29 is 14.6 Å². The lowest BCUT2D eigenvalue weighted by molar-refractivity contribution is 0.0957. The molecule has 3 aromatic rings. The van der Waals surface area contributed by atoms with Gasteiger partial charge in [0, 0.05) is 25.9 Å². The van der Waals surface area contributed by atoms with Gasteiger partial charge in [-0.2, -0.15) is 0 Å². The Kier molecular flexibility index (Phi) is 12.3. The van der Waals surface area contributed by atoms with Gasteiger partial charge in [-0.05, 0) is 54.8 Å². The van der Waals surface area contributed by atoms with Crippen LogP contribution in [0.1, 0.15) is 42.9 Å². The number of nitrogens with zero attached hydrogens (tertiary/aromatic N) is 2. The average molecular weight is 533 g/mol. The zero-order valence-corrected chi connectivity index (χ0v) is 22.0. The summed E-state index contributed by atoms with van der Waals surface area (Å²) < 4.78 is 11.2. The number of aromatic nitrogens is 1. The van der Waals surface area contributed by atoms with Crippen LogP contribution < -0.4 is 10.5 Å². The van der Waals surface area contributed by atoms with Gasteiger partial charge in [-0.15, -0.1) is 0 Å². The molecule has 194 valence electrons. The fourth-order valence-corrected chi connectivity index (χ4v) is 4.37. The van der Waals surface area contributed by atoms with Crippen molar-refractivity contribution >= 4 is 28.9 Å². The van der Waals surface area contributed by atoms with Crippen LogP contribution in [0.4, 0.5) is 5.69 Å². The van der Waals surface area contributed by atoms with Crippen LogP contribution in [0.3, 0.4) is 0 Å². The molecular weight excluding hydrogens is 497 g/mol. The van der Waals surface area contributed by atoms with Crippen LogP contribution >= 0.6 is 23.2 Å². The lowest BCUT2D eigenvalue weighted by Gasteiger charge is -2.26. The highest BCUT2D eigenvalue weighted by Crippen LogP contribution is 2.31. The summed E-state index contributed by atoms with van der Waals surface area (Å²) in [4.78, 5) is 6.29. The molecule has 6 nitrogen and oxygen atoms in total. The summed E-state index contributed by atoms with van der Waals surface area (Å²) in [6.45, 7) is 3.92. The summed E-state index contributed by atoms with van der Waals surface area (Å²) >= 11 is 12.4. The molecule has 0 aliphatic carbocycles. The highest BCUT2D eigenvalue weighted by Gasteiger charge is 2.16. The minimum absolute atomic E-state index is 0.334. The zero-order chi connectivity index (χ0) is 25.6. The summed E-state index contributed by atoms with van der Waals surface area (Å²) in [5.74, 6) is 0.758. The van der Waals surface area contributed by atoms with Gasteiger partial charge in [0.25, 0.3) is 0 Å². The first-order valence-electron chi connectivity index (χ1n) is 12.3. The minimum Gasteiger partial charge on any atom is -0.490 e. The van der Waals surface area contributed by atoms with E-state index in [0.717, 1.165) is 51.1 Å². The zero-order valence-electron chi connectivity index (χ0n) is 20.5. The summed E-state index contributed by atoms with van der Waals surface area (Å²) in [5.41, 5.74) is 8.06. The lowest BCUT2D eigenvalue weighted by Crippen LogP contribution is -2.29. The third-order valence-corrected chi connectivity index (χ3v) is 6.44. The smallest absolute Gasteiger partial charge is 0.137 e. The van der Waals surface area contributed by atoms with E-state index in [4.69, 9.17) is 38.4 Å². The fraction of sp³-hybridized carbons (Fsp3) is 0.393. The SMILES string of the molecule is Nc1c(Cl)cc(C(O)CN(CCCCCCOCCOc2cccnc2)Cc2ccccc2)cc1Cl. The molecule has 0 amide bonds. The number of aliphatic hydroxyl groups is 1. The Hall–Kier alpha value is -2.35. The molecule has 2 aromatic carbocycles. The molecule has 1 atom stereocenters. The van der Waals surface area contributed by atoms with Crippen molar-refractivity contribution in [2.24, 2.45) is 0 Å². The molecular formula is C28H35Cl2N3O3. The van der Waals surface area contributed by atoms with Gasteiger partial charge in [-0.3, -0.25) is 9.88 Å². The van der Waals surface area contributed by atoms with Crippen LogP contribution in [0.5, 0.6) is 5.75 Å². The second-order valence-corrected chi connectivity index (χ2v) is 9.51. The topological polar surface area (TPSA) is 80.8 Å². The molecule has 0 radical (unpaired) electrons. The Morgan fingerprint density at radius 2 is 1.67 bits per heavy atom. The predicted molar refractivity (Wildman–Crippen MR) is 147 cm³/mol. The third kappa shape index (κ3) is 9.96. The molecule has 3 N–H and O–H groups in total. The first-order chi connectivity index (χ1) is 17.5. The van der Waals surface area contributed by atoms with E-state index in [9.17, 15) is 5.11 Å². The highest BCUT2D eigenvalue weighted by molar-refractivity contribution is 6.38. The van der Waals surface area contributed by atoms with Crippen LogP contribution in [-0.4, -0.2) is 47.9 Å². The Balaban J connectivity index is 1.38. The molecule has 0 aliphatic heterocycles. The number of unbranched alkanes of at least 4 members (excludes halogenated alkanes) is 3. The van der Waals surface area contributed by atoms with Gasteiger partial charge in [0.15, 0.2) is 0 Å². The van der Waals surface area contributed by atoms with Crippen molar-refractivity contribution in [3.05, 3.63) is 88.2 Å². The number of nitrogen functional groups attached to an aromatic ring is 1. The maximum Gasteiger partial charge on any atom is 0.137 e. The largest absolute Gasteiger partial charge is 0.490 e. The lowest BCUT2D eigenvalue weighted by atomic mass is 10.1. The number of benzene rings is 2. The van der Waals surface area contributed by atoms with Crippen LogP contribution in [-0.2, 0) is 11.3 Å². The van der Waals surface area contributed by atoms with Gasteiger partial charge in [-0.25, -0.2) is 0 Å². The monoisotopic (exact) mass is 531 g/mol. The number of rotatable bonds is 16. The van der Waals surface area contributed by atoms with E-state index >= 15 is 0 Å². The van der Waals surface area contributed by atoms with E-state index in [2.05, 4.69) is 22.0 Å². The molecule has 1 aromatic heterocycles. The first-order valence-corrected chi connectivity index (χ1v) is 13.1. The van der Waals surface area contributed by atoms with Crippen LogP contribution in [0.2, 0.25) is 10.0 Å². The van der Waals surface area contributed by atoms with Crippen LogP contribution in [0.15, 0.2) is 67.0 Å². The number of hydrogen-bond acceptors (Lipinski definition) is 6. The van der Waals surface area contributed by atoms with Gasteiger partial charge in [0.05, 0.1) is 34.6 Å². The normalized spacial score (nSPS) is 12.1. The standard InChI is InChI=1S/C28H35Cl2N3O3/c29-25-17-23(18-26(30)28(25)31)27(34)21-33(20-22-9-4-3-5-10-22)13-6-1-2-7-14-35-15-16-36-24-11-8-12-32-19-24/h3-5,8-12,17-19,27,34H,1-2,6-7,13-16,20-21,31H2. The second kappa shape index (κ2) is 15.7. The molecule has 0 saturated heterocycles. The fourth-order valence-electron chi connectivity index (χ4n) is 3.87. The number of aliphatic hydroxyl groups excluding tert-OH is 1. The number of hydrogen-bond donors (Lipinski definition) is 2. The van der Waals surface area contributed by atoms with Crippen LogP contribution in [0, 0.1) is 0 Å². The maximum absolute atomic E-state index is 10.9. The molecule has 3 rings (SSSR count). The Bertz CT molecular complexity index is 1000. The van der Waals surface area contributed by atoms with Gasteiger partial charge in [0.2, 0.25) is 0 Å². The Morgan fingerprint density at radius 1 is 0.917 bits per heavy atom. The van der Waals surface area contributed by atoms with Crippen molar-refractivity contribution in [2.75, 3.05) is 38.6 Å². The number of anilines is 1. The second-order valence-electron chi connectivity index (χ2n) is 8.70. The first kappa shape index (κ1) is 28.2. The van der Waals surface area contributed by atoms with Crippen molar-refractivity contribution in [1.82, 2.24) is 9.88 Å². The number of pyridine rings is 1. The summed E-state index contributed by atoms with van der Waals surface area (Å²) in [6.07, 6.45) is 6.93. The van der Waals surface area contributed by atoms with Crippen molar-refractivity contribution in [1.29, 1.82) is 0 Å². The molecule has 1 unspecified atom stereocenters. The predicted octanol–water partition coefficient (Wildman–Crippen LogP) is 6.16. The molecule has 0 fully saturated rings. The van der Waals surface area contributed by atoms with E-state index in [1.807, 2.05) is 30.3 Å². The van der Waals surface area contributed by atoms with Crippen molar-refractivity contribution in [3.63, 3.8) is 0 Å². The Labute approximate surface area is 224 Å². The quantitative estimate of drug-likeness (QED) is 0.170. The van der Waals surface area contributed by atoms with E-state index in [0.29, 0.717) is 41.1 Å². The van der Waals surface area contributed by atoms with Gasteiger partial charge >= 0.3 is 0 Å². The van der Waals surface area contributed by atoms with Crippen LogP contribution in [0.25, 0.3) is 0 Å². The number of nitrogens with two attached hydrogens (primary N) is 1. The third-order valence-electron chi connectivity index (χ3n) is 5.81. The number of ether oxygens (including phenoxy) is 2. The van der Waals surface area contributed by atoms with E-state index in [-0.39, 0.29) is 0 Å². The van der Waals surface area contributed by atoms with Gasteiger partial charge in [0.1, 0.15) is 12.4 Å². The molecule has 0 bridgehead atoms. The van der Waals surface area contributed by atoms with Crippen molar-refractivity contribution in [2.45, 2.75) is 38.3 Å². The van der Waals surface area contributed by atoms with Gasteiger partial charge < -0.3 is 20.3 Å². The summed E-state index contributed by atoms with van der Waals surface area (Å²) in [5, 5.41) is 11.6. The maximum atomic E-state index is 10.9. The molecule has 0 spiro atoms. The highest BCUT2D eigenvalue weighted by atomic mass is 35.5. The van der Waals surface area contributed by atoms with Gasteiger partial charge in [-0.1, -0.05) is 66.4 Å². The molecule has 0 saturated carbocycles. The van der Waals surface area contributed by atoms with E-state index < -0.39 is 6.10 Å². The Morgan fingerprint density at radius 3 is 2.39 bits per heavy atom. The van der Waals surface area contributed by atoms with E-state index in [1.54, 1.807) is 24.5 Å². The minimum atomic E-state index is -0.716. The molecule has 1 heterocycles. The summed E-state index contributed by atoms with van der Waals surface area (Å²) in [6, 6.07) is 17.4.